The van der Waals surface area contributed by atoms with Crippen LogP contribution in [0.25, 0.3) is 11.0 Å². The average molecular weight is 414 g/mol. The molecule has 1 aromatic heterocycles. The van der Waals surface area contributed by atoms with Crippen LogP contribution in [0.15, 0.2) is 46.7 Å². The van der Waals surface area contributed by atoms with Crippen molar-refractivity contribution in [1.82, 2.24) is 15.0 Å². The molecule has 0 aliphatic carbocycles. The summed E-state index contributed by atoms with van der Waals surface area (Å²) in [6.45, 7) is 0. The minimum Gasteiger partial charge on any atom is -0.496 e. The number of methoxy groups -OCH3 is 3. The normalized spacial score (nSPS) is 11.0. The number of imidazole rings is 1. The fourth-order valence-electron chi connectivity index (χ4n) is 2.74. The number of hydrogen-bond donors (Lipinski definition) is 1. The minimum absolute atomic E-state index is 0.192. The van der Waals surface area contributed by atoms with Crippen LogP contribution >= 0.6 is 11.8 Å². The Kier molecular flexibility index (Phi) is 6.61. The molecule has 0 radical (unpaired) electrons. The number of rotatable bonds is 8. The molecule has 0 aliphatic heterocycles. The maximum atomic E-state index is 12.2. The van der Waals surface area contributed by atoms with Gasteiger partial charge in [0, 0.05) is 18.7 Å². The fraction of sp³-hybridized carbons (Fsp3) is 0.250. The molecule has 3 rings (SSSR count). The van der Waals surface area contributed by atoms with Crippen LogP contribution in [0.4, 0.5) is 0 Å². The van der Waals surface area contributed by atoms with E-state index in [2.05, 4.69) is 15.5 Å². The van der Waals surface area contributed by atoms with Crippen molar-refractivity contribution < 1.29 is 19.0 Å². The van der Waals surface area contributed by atoms with Gasteiger partial charge in [-0.3, -0.25) is 4.79 Å². The minimum atomic E-state index is -0.238. The maximum absolute atomic E-state index is 12.2. The van der Waals surface area contributed by atoms with Gasteiger partial charge in [-0.05, 0) is 18.2 Å². The molecule has 9 heteroatoms. The molecule has 0 aliphatic rings. The van der Waals surface area contributed by atoms with Crippen LogP contribution < -0.4 is 19.6 Å². The standard InChI is InChI=1S/C20H22N4O4S/c1-24-15-8-6-5-7-14(15)22-20(24)29-12-19(25)23-21-11-13-9-17(27-3)18(28-4)10-16(13)26-2/h5-11H,12H2,1-4H3,(H,23,25). The second-order valence-electron chi connectivity index (χ2n) is 5.97. The summed E-state index contributed by atoms with van der Waals surface area (Å²) >= 11 is 1.35. The van der Waals surface area contributed by atoms with Crippen LogP contribution in [0, 0.1) is 0 Å². The molecule has 8 nitrogen and oxygen atoms in total. The second kappa shape index (κ2) is 9.33. The van der Waals surface area contributed by atoms with Crippen molar-refractivity contribution in [3.05, 3.63) is 42.0 Å². The number of hydrazone groups is 1. The number of para-hydroxylation sites is 2. The van der Waals surface area contributed by atoms with Crippen LogP contribution in [0.5, 0.6) is 17.2 Å². The highest BCUT2D eigenvalue weighted by molar-refractivity contribution is 7.99. The lowest BCUT2D eigenvalue weighted by Gasteiger charge is -2.11. The number of aromatic nitrogens is 2. The molecule has 0 saturated heterocycles. The number of amides is 1. The Morgan fingerprint density at radius 1 is 1.14 bits per heavy atom. The number of thioether (sulfide) groups is 1. The molecule has 0 bridgehead atoms. The summed E-state index contributed by atoms with van der Waals surface area (Å²) in [5.41, 5.74) is 5.09. The van der Waals surface area contributed by atoms with Crippen LogP contribution in [0.2, 0.25) is 0 Å². The quantitative estimate of drug-likeness (QED) is 0.347. The highest BCUT2D eigenvalue weighted by Crippen LogP contribution is 2.33. The van der Waals surface area contributed by atoms with Gasteiger partial charge in [0.1, 0.15) is 5.75 Å². The molecule has 0 fully saturated rings. The molecular weight excluding hydrogens is 392 g/mol. The summed E-state index contributed by atoms with van der Waals surface area (Å²) in [5, 5.41) is 4.79. The number of ether oxygens (including phenoxy) is 3. The van der Waals surface area contributed by atoms with Gasteiger partial charge < -0.3 is 18.8 Å². The van der Waals surface area contributed by atoms with Crippen molar-refractivity contribution in [3.63, 3.8) is 0 Å². The van der Waals surface area contributed by atoms with Crippen molar-refractivity contribution in [2.45, 2.75) is 5.16 Å². The number of nitrogens with one attached hydrogen (secondary N) is 1. The van der Waals surface area contributed by atoms with Gasteiger partial charge in [0.05, 0.1) is 44.3 Å². The van der Waals surface area contributed by atoms with Gasteiger partial charge in [-0.2, -0.15) is 5.10 Å². The van der Waals surface area contributed by atoms with Crippen LogP contribution in [-0.4, -0.2) is 48.8 Å². The number of benzene rings is 2. The van der Waals surface area contributed by atoms with Crippen molar-refractivity contribution >= 4 is 34.9 Å². The van der Waals surface area contributed by atoms with E-state index in [0.29, 0.717) is 22.8 Å². The fourth-order valence-corrected chi connectivity index (χ4v) is 3.52. The topological polar surface area (TPSA) is 87.0 Å². The number of carbonyl (C=O) groups is 1. The van der Waals surface area contributed by atoms with E-state index in [0.717, 1.165) is 16.2 Å². The molecule has 152 valence electrons. The first kappa shape index (κ1) is 20.5. The lowest BCUT2D eigenvalue weighted by Crippen LogP contribution is -2.20. The van der Waals surface area contributed by atoms with E-state index in [1.54, 1.807) is 33.5 Å². The van der Waals surface area contributed by atoms with Gasteiger partial charge in [-0.1, -0.05) is 23.9 Å². The predicted molar refractivity (Wildman–Crippen MR) is 113 cm³/mol. The van der Waals surface area contributed by atoms with Gasteiger partial charge in [0.15, 0.2) is 16.7 Å². The van der Waals surface area contributed by atoms with E-state index in [1.807, 2.05) is 35.9 Å². The van der Waals surface area contributed by atoms with Gasteiger partial charge in [0.2, 0.25) is 0 Å². The molecule has 0 unspecified atom stereocenters. The SMILES string of the molecule is COc1cc(OC)c(OC)cc1C=NNC(=O)CSc1nc2ccccc2n1C. The lowest BCUT2D eigenvalue weighted by molar-refractivity contribution is -0.118. The summed E-state index contributed by atoms with van der Waals surface area (Å²) in [7, 11) is 6.57. The Labute approximate surface area is 172 Å². The first-order chi connectivity index (χ1) is 14.1. The third-order valence-electron chi connectivity index (χ3n) is 4.21. The van der Waals surface area contributed by atoms with Crippen molar-refractivity contribution in [3.8, 4) is 17.2 Å². The molecule has 2 aromatic carbocycles. The molecular formula is C20H22N4O4S. The number of hydrogen-bond acceptors (Lipinski definition) is 7. The summed E-state index contributed by atoms with van der Waals surface area (Å²) in [6, 6.07) is 11.3. The molecule has 1 N–H and O–H groups in total. The summed E-state index contributed by atoms with van der Waals surface area (Å²) in [5.74, 6) is 1.59. The van der Waals surface area contributed by atoms with E-state index in [9.17, 15) is 4.79 Å². The first-order valence-corrected chi connectivity index (χ1v) is 9.72. The molecule has 0 atom stereocenters. The van der Waals surface area contributed by atoms with Gasteiger partial charge in [-0.25, -0.2) is 10.4 Å². The van der Waals surface area contributed by atoms with Gasteiger partial charge in [0.25, 0.3) is 5.91 Å². The smallest absolute Gasteiger partial charge is 0.250 e. The summed E-state index contributed by atoms with van der Waals surface area (Å²) in [6.07, 6.45) is 1.50. The van der Waals surface area contributed by atoms with Crippen LogP contribution in [0.1, 0.15) is 5.56 Å². The van der Waals surface area contributed by atoms with E-state index in [4.69, 9.17) is 14.2 Å². The number of nitrogens with zero attached hydrogens (tertiary/aromatic N) is 3. The van der Waals surface area contributed by atoms with Crippen molar-refractivity contribution in [1.29, 1.82) is 0 Å². The molecule has 29 heavy (non-hydrogen) atoms. The monoisotopic (exact) mass is 414 g/mol. The largest absolute Gasteiger partial charge is 0.496 e. The maximum Gasteiger partial charge on any atom is 0.250 e. The van der Waals surface area contributed by atoms with E-state index in [-0.39, 0.29) is 11.7 Å². The van der Waals surface area contributed by atoms with E-state index < -0.39 is 0 Å². The Balaban J connectivity index is 1.63. The predicted octanol–water partition coefficient (Wildman–Crippen LogP) is 2.84. The Morgan fingerprint density at radius 3 is 2.52 bits per heavy atom. The van der Waals surface area contributed by atoms with Gasteiger partial charge >= 0.3 is 0 Å². The zero-order valence-electron chi connectivity index (χ0n) is 16.6. The second-order valence-corrected chi connectivity index (χ2v) is 6.92. The summed E-state index contributed by atoms with van der Waals surface area (Å²) in [4.78, 5) is 16.7. The van der Waals surface area contributed by atoms with Crippen molar-refractivity contribution in [2.24, 2.45) is 12.1 Å². The Bertz CT molecular complexity index is 1050. The third kappa shape index (κ3) is 4.62. The van der Waals surface area contributed by atoms with Gasteiger partial charge in [-0.15, -0.1) is 0 Å². The highest BCUT2D eigenvalue weighted by atomic mass is 32.2. The number of carbonyl (C=O) groups excluding carboxylic acids is 1. The Morgan fingerprint density at radius 2 is 1.83 bits per heavy atom. The van der Waals surface area contributed by atoms with Crippen molar-refractivity contribution in [2.75, 3.05) is 27.1 Å². The molecule has 1 heterocycles. The summed E-state index contributed by atoms with van der Waals surface area (Å²) < 4.78 is 17.8. The lowest BCUT2D eigenvalue weighted by atomic mass is 10.2. The number of fused-ring (bicyclic) bond motifs is 1. The Hall–Kier alpha value is -3.20. The van der Waals surface area contributed by atoms with Crippen LogP contribution in [0.3, 0.4) is 0 Å². The zero-order chi connectivity index (χ0) is 20.8. The number of aryl methyl sites for hydroxylation is 1. The first-order valence-electron chi connectivity index (χ1n) is 8.73. The molecule has 1 amide bonds. The highest BCUT2D eigenvalue weighted by Gasteiger charge is 2.12. The average Bonchev–Trinajstić information content (AvgIpc) is 3.07. The molecule has 0 spiro atoms. The zero-order valence-corrected chi connectivity index (χ0v) is 17.4. The third-order valence-corrected chi connectivity index (χ3v) is 5.24. The molecule has 0 saturated carbocycles. The van der Waals surface area contributed by atoms with Crippen LogP contribution in [-0.2, 0) is 11.8 Å². The molecule has 3 aromatic rings. The van der Waals surface area contributed by atoms with E-state index in [1.165, 1.54) is 18.0 Å². The van der Waals surface area contributed by atoms with E-state index >= 15 is 0 Å².